The van der Waals surface area contributed by atoms with Crippen molar-refractivity contribution in [2.24, 2.45) is 5.92 Å². The average Bonchev–Trinajstić information content (AvgIpc) is 3.10. The summed E-state index contributed by atoms with van der Waals surface area (Å²) in [7, 11) is 0. The van der Waals surface area contributed by atoms with E-state index >= 15 is 0 Å². The van der Waals surface area contributed by atoms with E-state index in [1.807, 2.05) is 0 Å². The third-order valence-electron chi connectivity index (χ3n) is 5.08. The van der Waals surface area contributed by atoms with Gasteiger partial charge in [-0.25, -0.2) is 4.39 Å². The molecule has 1 unspecified atom stereocenters. The number of ether oxygens (including phenoxy) is 2. The van der Waals surface area contributed by atoms with Gasteiger partial charge in [0.05, 0.1) is 12.5 Å². The van der Waals surface area contributed by atoms with Crippen molar-refractivity contribution < 1.29 is 23.5 Å². The molecule has 1 atom stereocenters. The van der Waals surface area contributed by atoms with E-state index < -0.39 is 5.92 Å². The highest BCUT2D eigenvalue weighted by atomic mass is 35.5. The molecule has 1 N–H and O–H groups in total. The van der Waals surface area contributed by atoms with Crippen LogP contribution in [0.2, 0.25) is 5.02 Å². The molecule has 2 aromatic rings. The number of fused-ring (bicyclic) bond motifs is 1. The summed E-state index contributed by atoms with van der Waals surface area (Å²) in [5.41, 5.74) is 2.08. The lowest BCUT2D eigenvalue weighted by Crippen LogP contribution is -2.34. The van der Waals surface area contributed by atoms with Gasteiger partial charge in [0.25, 0.3) is 0 Å². The van der Waals surface area contributed by atoms with Crippen molar-refractivity contribution >= 4 is 29.1 Å². The van der Waals surface area contributed by atoms with Gasteiger partial charge in [0.15, 0.2) is 6.79 Å². The fourth-order valence-electron chi connectivity index (χ4n) is 3.66. The van der Waals surface area contributed by atoms with Crippen LogP contribution in [0.5, 0.6) is 5.75 Å². The van der Waals surface area contributed by atoms with Crippen LogP contribution in [-0.4, -0.2) is 31.7 Å². The number of hydrogen-bond donors (Lipinski definition) is 1. The zero-order valence-corrected chi connectivity index (χ0v) is 16.4. The number of nitrogens with zero attached hydrogens (tertiary/aromatic N) is 1. The number of anilines is 1. The predicted octanol–water partition coefficient (Wildman–Crippen LogP) is 3.06. The number of amides is 2. The van der Waals surface area contributed by atoms with Crippen LogP contribution >= 0.6 is 11.6 Å². The molecule has 4 rings (SSSR count). The van der Waals surface area contributed by atoms with Crippen molar-refractivity contribution in [2.75, 3.05) is 24.8 Å². The van der Waals surface area contributed by atoms with Crippen LogP contribution in [0.1, 0.15) is 17.5 Å². The Hall–Kier alpha value is -2.64. The molecular formula is C21H20ClFN2O4. The largest absolute Gasteiger partial charge is 0.467 e. The molecule has 0 aliphatic carbocycles. The predicted molar refractivity (Wildman–Crippen MR) is 105 cm³/mol. The molecule has 2 heterocycles. The molecule has 2 aromatic carbocycles. The quantitative estimate of drug-likeness (QED) is 0.810. The molecule has 0 aromatic heterocycles. The minimum Gasteiger partial charge on any atom is -0.467 e. The van der Waals surface area contributed by atoms with Gasteiger partial charge in [0.1, 0.15) is 11.6 Å². The Kier molecular flexibility index (Phi) is 5.69. The second-order valence-electron chi connectivity index (χ2n) is 7.09. The third-order valence-corrected chi connectivity index (χ3v) is 5.33. The van der Waals surface area contributed by atoms with Gasteiger partial charge in [-0.1, -0.05) is 11.6 Å². The summed E-state index contributed by atoms with van der Waals surface area (Å²) in [5.74, 6) is -0.454. The van der Waals surface area contributed by atoms with E-state index in [9.17, 15) is 14.0 Å². The summed E-state index contributed by atoms with van der Waals surface area (Å²) in [4.78, 5) is 26.4. The Labute approximate surface area is 172 Å². The van der Waals surface area contributed by atoms with Crippen LogP contribution in [0.25, 0.3) is 0 Å². The van der Waals surface area contributed by atoms with Crippen LogP contribution in [0.3, 0.4) is 0 Å². The highest BCUT2D eigenvalue weighted by Gasteiger charge is 2.35. The topological polar surface area (TPSA) is 67.9 Å². The summed E-state index contributed by atoms with van der Waals surface area (Å²) in [5, 5.41) is 3.44. The van der Waals surface area contributed by atoms with Crippen molar-refractivity contribution in [3.8, 4) is 5.75 Å². The zero-order chi connectivity index (χ0) is 20.4. The average molecular weight is 419 g/mol. The molecular weight excluding hydrogens is 399 g/mol. The molecule has 6 nitrogen and oxygen atoms in total. The molecule has 0 spiro atoms. The molecule has 2 aliphatic heterocycles. The summed E-state index contributed by atoms with van der Waals surface area (Å²) in [6.45, 7) is 1.08. The molecule has 8 heteroatoms. The van der Waals surface area contributed by atoms with Gasteiger partial charge in [0.2, 0.25) is 11.8 Å². The minimum atomic E-state index is -0.427. The van der Waals surface area contributed by atoms with Crippen LogP contribution in [0.15, 0.2) is 36.4 Å². The third kappa shape index (κ3) is 4.36. The van der Waals surface area contributed by atoms with Crippen molar-refractivity contribution in [3.63, 3.8) is 0 Å². The molecule has 0 radical (unpaired) electrons. The van der Waals surface area contributed by atoms with Gasteiger partial charge >= 0.3 is 0 Å². The lowest BCUT2D eigenvalue weighted by atomic mass is 10.0. The van der Waals surface area contributed by atoms with E-state index in [-0.39, 0.29) is 30.8 Å². The second kappa shape index (κ2) is 8.39. The Morgan fingerprint density at radius 1 is 1.28 bits per heavy atom. The second-order valence-corrected chi connectivity index (χ2v) is 7.52. The highest BCUT2D eigenvalue weighted by molar-refractivity contribution is 6.30. The maximum absolute atomic E-state index is 13.8. The summed E-state index contributed by atoms with van der Waals surface area (Å²) in [6.07, 6.45) is 0.581. The van der Waals surface area contributed by atoms with E-state index in [0.29, 0.717) is 48.0 Å². The fourth-order valence-corrected chi connectivity index (χ4v) is 3.79. The van der Waals surface area contributed by atoms with Crippen LogP contribution in [0, 0.1) is 11.7 Å². The normalized spacial score (nSPS) is 18.3. The van der Waals surface area contributed by atoms with Gasteiger partial charge in [-0.3, -0.25) is 9.59 Å². The van der Waals surface area contributed by atoms with Crippen molar-refractivity contribution in [2.45, 2.75) is 19.4 Å². The monoisotopic (exact) mass is 418 g/mol. The SMILES string of the molecule is O=C(NCCc1cc(F)cc2c1OCOC2)C1CC(=O)N(c2ccc(Cl)cc2)C1. The van der Waals surface area contributed by atoms with Crippen molar-refractivity contribution in [1.29, 1.82) is 0 Å². The van der Waals surface area contributed by atoms with Gasteiger partial charge < -0.3 is 19.7 Å². The van der Waals surface area contributed by atoms with Crippen molar-refractivity contribution in [3.05, 3.63) is 58.4 Å². The van der Waals surface area contributed by atoms with E-state index in [0.717, 1.165) is 5.69 Å². The molecule has 152 valence electrons. The minimum absolute atomic E-state index is 0.0972. The lowest BCUT2D eigenvalue weighted by Gasteiger charge is -2.21. The number of carbonyl (C=O) groups excluding carboxylic acids is 2. The highest BCUT2D eigenvalue weighted by Crippen LogP contribution is 2.30. The van der Waals surface area contributed by atoms with Crippen LogP contribution in [-0.2, 0) is 27.4 Å². The first-order chi connectivity index (χ1) is 14.0. The summed E-state index contributed by atoms with van der Waals surface area (Å²) >= 11 is 5.89. The molecule has 1 fully saturated rings. The lowest BCUT2D eigenvalue weighted by molar-refractivity contribution is -0.126. The molecule has 0 saturated carbocycles. The van der Waals surface area contributed by atoms with Crippen LogP contribution in [0.4, 0.5) is 10.1 Å². The first-order valence-corrected chi connectivity index (χ1v) is 9.74. The first kappa shape index (κ1) is 19.7. The molecule has 0 bridgehead atoms. The Balaban J connectivity index is 1.34. The van der Waals surface area contributed by atoms with Crippen molar-refractivity contribution in [1.82, 2.24) is 5.32 Å². The number of hydrogen-bond acceptors (Lipinski definition) is 4. The molecule has 29 heavy (non-hydrogen) atoms. The number of rotatable bonds is 5. The molecule has 1 saturated heterocycles. The van der Waals surface area contributed by atoms with E-state index in [2.05, 4.69) is 5.32 Å². The fraction of sp³-hybridized carbons (Fsp3) is 0.333. The maximum Gasteiger partial charge on any atom is 0.227 e. The zero-order valence-electron chi connectivity index (χ0n) is 15.6. The molecule has 2 aliphatic rings. The first-order valence-electron chi connectivity index (χ1n) is 9.37. The number of benzene rings is 2. The smallest absolute Gasteiger partial charge is 0.227 e. The molecule has 2 amide bonds. The van der Waals surface area contributed by atoms with Crippen LogP contribution < -0.4 is 15.0 Å². The maximum atomic E-state index is 13.8. The van der Waals surface area contributed by atoms with E-state index in [1.165, 1.54) is 12.1 Å². The van der Waals surface area contributed by atoms with Gasteiger partial charge in [-0.05, 0) is 48.4 Å². The Morgan fingerprint density at radius 2 is 2.07 bits per heavy atom. The summed E-state index contributed by atoms with van der Waals surface area (Å²) < 4.78 is 24.5. The summed E-state index contributed by atoms with van der Waals surface area (Å²) in [6, 6.07) is 9.76. The van der Waals surface area contributed by atoms with Gasteiger partial charge in [0, 0.05) is 35.8 Å². The number of carbonyl (C=O) groups is 2. The number of nitrogens with one attached hydrogen (secondary N) is 1. The van der Waals surface area contributed by atoms with Gasteiger partial charge in [-0.2, -0.15) is 0 Å². The standard InChI is InChI=1S/C21H20ClFN2O4/c22-16-1-3-18(4-2-16)25-10-14(9-19(25)26)21(27)24-6-5-13-7-17(23)8-15-11-28-12-29-20(13)15/h1-4,7-8,14H,5-6,9-12H2,(H,24,27). The van der Waals surface area contributed by atoms with E-state index in [4.69, 9.17) is 21.1 Å². The Morgan fingerprint density at radius 3 is 2.86 bits per heavy atom. The Bertz CT molecular complexity index is 935. The van der Waals surface area contributed by atoms with E-state index in [1.54, 1.807) is 29.2 Å². The van der Waals surface area contributed by atoms with Gasteiger partial charge in [-0.15, -0.1) is 0 Å². The number of halogens is 2.